The highest BCUT2D eigenvalue weighted by molar-refractivity contribution is 6.48. The van der Waals surface area contributed by atoms with Gasteiger partial charge in [0.15, 0.2) is 0 Å². The molecule has 0 spiro atoms. The standard InChI is InChI=1S/C32H30BNO2/c1-31(2,35)32(3,4)36-33-21-18-19-27-28(20-21)34(22-12-6-5-7-13-22)30-26-17-11-9-15-24(26)23-14-8-10-16-25(23)29(27)30/h5-20,33,35H,1-4H3. The van der Waals surface area contributed by atoms with Crippen molar-refractivity contribution in [3.05, 3.63) is 97.1 Å². The largest absolute Gasteiger partial charge is 0.427 e. The zero-order chi connectivity index (χ0) is 25.1. The van der Waals surface area contributed by atoms with Gasteiger partial charge in [0.2, 0.25) is 0 Å². The molecule has 0 amide bonds. The minimum Gasteiger partial charge on any atom is -0.427 e. The van der Waals surface area contributed by atoms with Gasteiger partial charge < -0.3 is 14.3 Å². The molecule has 0 aliphatic carbocycles. The Hall–Kier alpha value is -3.60. The minimum atomic E-state index is -0.951. The molecule has 36 heavy (non-hydrogen) atoms. The lowest BCUT2D eigenvalue weighted by Crippen LogP contribution is -2.49. The third-order valence-corrected chi connectivity index (χ3v) is 7.79. The minimum absolute atomic E-state index is 0.421. The van der Waals surface area contributed by atoms with Crippen LogP contribution >= 0.6 is 0 Å². The molecule has 0 aliphatic rings. The summed E-state index contributed by atoms with van der Waals surface area (Å²) in [6.07, 6.45) is 0. The maximum Gasteiger partial charge on any atom is 0.309 e. The van der Waals surface area contributed by atoms with Gasteiger partial charge in [0, 0.05) is 21.8 Å². The van der Waals surface area contributed by atoms with Crippen LogP contribution in [0.25, 0.3) is 49.0 Å². The van der Waals surface area contributed by atoms with Gasteiger partial charge in [0.25, 0.3) is 0 Å². The van der Waals surface area contributed by atoms with E-state index in [-0.39, 0.29) is 0 Å². The van der Waals surface area contributed by atoms with Gasteiger partial charge in [0.1, 0.15) is 0 Å². The van der Waals surface area contributed by atoms with E-state index >= 15 is 0 Å². The lowest BCUT2D eigenvalue weighted by atomic mass is 9.82. The normalized spacial score (nSPS) is 12.7. The summed E-state index contributed by atoms with van der Waals surface area (Å²) in [6.45, 7) is 7.45. The van der Waals surface area contributed by atoms with E-state index < -0.39 is 11.2 Å². The van der Waals surface area contributed by atoms with Crippen LogP contribution in [0.1, 0.15) is 27.7 Å². The van der Waals surface area contributed by atoms with Gasteiger partial charge in [-0.1, -0.05) is 84.3 Å². The summed E-state index contributed by atoms with van der Waals surface area (Å²) in [6, 6.07) is 34.6. The van der Waals surface area contributed by atoms with E-state index in [0.29, 0.717) is 7.48 Å². The summed E-state index contributed by atoms with van der Waals surface area (Å²) < 4.78 is 8.62. The van der Waals surface area contributed by atoms with Gasteiger partial charge >= 0.3 is 7.48 Å². The summed E-state index contributed by atoms with van der Waals surface area (Å²) in [5.74, 6) is 0. The number of rotatable bonds is 5. The molecule has 1 heterocycles. The van der Waals surface area contributed by atoms with Gasteiger partial charge in [-0.2, -0.15) is 0 Å². The van der Waals surface area contributed by atoms with Crippen molar-refractivity contribution in [2.75, 3.05) is 0 Å². The summed E-state index contributed by atoms with van der Waals surface area (Å²) in [5.41, 5.74) is 2.95. The van der Waals surface area contributed by atoms with Crippen molar-refractivity contribution in [3.8, 4) is 5.69 Å². The van der Waals surface area contributed by atoms with Crippen molar-refractivity contribution in [2.45, 2.75) is 38.9 Å². The van der Waals surface area contributed by atoms with E-state index in [4.69, 9.17) is 4.65 Å². The summed E-state index contributed by atoms with van der Waals surface area (Å²) in [7, 11) is 0.421. The van der Waals surface area contributed by atoms with Crippen LogP contribution in [-0.2, 0) is 4.65 Å². The highest BCUT2D eigenvalue weighted by Crippen LogP contribution is 2.41. The number of fused-ring (bicyclic) bond motifs is 8. The Balaban J connectivity index is 1.69. The topological polar surface area (TPSA) is 34.4 Å². The van der Waals surface area contributed by atoms with Crippen LogP contribution in [0, 0.1) is 0 Å². The first-order valence-electron chi connectivity index (χ1n) is 12.5. The van der Waals surface area contributed by atoms with Crippen molar-refractivity contribution in [3.63, 3.8) is 0 Å². The molecule has 0 saturated carbocycles. The Morgan fingerprint density at radius 2 is 1.25 bits per heavy atom. The highest BCUT2D eigenvalue weighted by Gasteiger charge is 2.35. The second-order valence-electron chi connectivity index (χ2n) is 10.7. The highest BCUT2D eigenvalue weighted by atomic mass is 16.5. The first-order chi connectivity index (χ1) is 17.3. The molecule has 3 nitrogen and oxygen atoms in total. The number of hydrogen-bond donors (Lipinski definition) is 1. The Morgan fingerprint density at radius 1 is 0.667 bits per heavy atom. The van der Waals surface area contributed by atoms with Crippen LogP contribution < -0.4 is 5.46 Å². The average molecular weight is 471 g/mol. The molecule has 5 aromatic carbocycles. The zero-order valence-corrected chi connectivity index (χ0v) is 21.2. The van der Waals surface area contributed by atoms with Crippen LogP contribution in [0.2, 0.25) is 0 Å². The predicted octanol–water partition coefficient (Wildman–Crippen LogP) is 6.63. The molecule has 178 valence electrons. The third kappa shape index (κ3) is 3.52. The Morgan fingerprint density at radius 3 is 1.92 bits per heavy atom. The second kappa shape index (κ2) is 8.23. The molecule has 4 heteroatoms. The van der Waals surface area contributed by atoms with E-state index in [9.17, 15) is 5.11 Å². The van der Waals surface area contributed by atoms with Crippen molar-refractivity contribution in [2.24, 2.45) is 0 Å². The van der Waals surface area contributed by atoms with Crippen molar-refractivity contribution in [1.82, 2.24) is 4.57 Å². The number of nitrogens with zero attached hydrogens (tertiary/aromatic N) is 1. The molecule has 1 N–H and O–H groups in total. The first-order valence-corrected chi connectivity index (χ1v) is 12.5. The van der Waals surface area contributed by atoms with Gasteiger partial charge in [-0.25, -0.2) is 0 Å². The van der Waals surface area contributed by atoms with E-state index in [2.05, 4.69) is 102 Å². The van der Waals surface area contributed by atoms with E-state index in [1.54, 1.807) is 13.8 Å². The number of para-hydroxylation sites is 1. The van der Waals surface area contributed by atoms with Gasteiger partial charge in [0.05, 0.1) is 22.2 Å². The maximum absolute atomic E-state index is 10.6. The van der Waals surface area contributed by atoms with E-state index in [1.165, 1.54) is 37.8 Å². The molecule has 1 aromatic heterocycles. The summed E-state index contributed by atoms with van der Waals surface area (Å²) in [4.78, 5) is 0. The maximum atomic E-state index is 10.6. The molecule has 0 radical (unpaired) electrons. The summed E-state index contributed by atoms with van der Waals surface area (Å²) >= 11 is 0. The monoisotopic (exact) mass is 471 g/mol. The zero-order valence-electron chi connectivity index (χ0n) is 21.2. The molecular weight excluding hydrogens is 441 g/mol. The Labute approximate surface area is 212 Å². The van der Waals surface area contributed by atoms with Crippen molar-refractivity contribution < 1.29 is 9.76 Å². The molecule has 0 fully saturated rings. The molecule has 6 rings (SSSR count). The lowest BCUT2D eigenvalue weighted by molar-refractivity contribution is -0.0893. The second-order valence-corrected chi connectivity index (χ2v) is 10.7. The van der Waals surface area contributed by atoms with Gasteiger partial charge in [-0.15, -0.1) is 0 Å². The molecule has 0 saturated heterocycles. The lowest BCUT2D eigenvalue weighted by Gasteiger charge is -2.37. The Bertz CT molecular complexity index is 1740. The quantitative estimate of drug-likeness (QED) is 0.226. The SMILES string of the molecule is CC(C)(O)C(C)(C)OBc1ccc2c3c4ccccc4c4ccccc4c3n(-c3ccccc3)c2c1. The fraction of sp³-hybridized carbons (Fsp3) is 0.188. The molecule has 6 aromatic rings. The average Bonchev–Trinajstić information content (AvgIpc) is 3.22. The van der Waals surface area contributed by atoms with Gasteiger partial charge in [-0.05, 0) is 62.1 Å². The van der Waals surface area contributed by atoms with Crippen molar-refractivity contribution >= 4 is 56.3 Å². The van der Waals surface area contributed by atoms with Gasteiger partial charge in [-0.3, -0.25) is 0 Å². The van der Waals surface area contributed by atoms with Crippen LogP contribution in [-0.4, -0.2) is 28.4 Å². The van der Waals surface area contributed by atoms with Crippen molar-refractivity contribution in [1.29, 1.82) is 0 Å². The van der Waals surface area contributed by atoms with Crippen LogP contribution in [0.15, 0.2) is 97.1 Å². The predicted molar refractivity (Wildman–Crippen MR) is 154 cm³/mol. The van der Waals surface area contributed by atoms with E-state index in [0.717, 1.165) is 16.7 Å². The fourth-order valence-electron chi connectivity index (χ4n) is 5.10. The van der Waals surface area contributed by atoms with Crippen LogP contribution in [0.3, 0.4) is 0 Å². The van der Waals surface area contributed by atoms with Crippen LogP contribution in [0.5, 0.6) is 0 Å². The Kier molecular flexibility index (Phi) is 5.22. The van der Waals surface area contributed by atoms with E-state index in [1.807, 2.05) is 13.8 Å². The molecule has 0 unspecified atom stereocenters. The number of aromatic nitrogens is 1. The van der Waals surface area contributed by atoms with Crippen LogP contribution in [0.4, 0.5) is 0 Å². The molecule has 0 bridgehead atoms. The molecule has 0 aliphatic heterocycles. The number of aliphatic hydroxyl groups is 1. The third-order valence-electron chi connectivity index (χ3n) is 7.79. The molecular formula is C32H30BNO2. The first kappa shape index (κ1) is 22.8. The number of benzene rings is 5. The fourth-order valence-corrected chi connectivity index (χ4v) is 5.10. The summed E-state index contributed by atoms with van der Waals surface area (Å²) in [5, 5.41) is 18.1. The smallest absolute Gasteiger partial charge is 0.309 e. The molecule has 0 atom stereocenters. The number of hydrogen-bond acceptors (Lipinski definition) is 2.